The van der Waals surface area contributed by atoms with E-state index in [1.807, 2.05) is 73.8 Å². The van der Waals surface area contributed by atoms with Crippen LogP contribution in [0, 0.1) is 13.0 Å². The predicted molar refractivity (Wildman–Crippen MR) is 107 cm³/mol. The molecule has 0 bridgehead atoms. The zero-order valence-electron chi connectivity index (χ0n) is 16.0. The fourth-order valence-electron chi connectivity index (χ4n) is 2.18. The van der Waals surface area contributed by atoms with Gasteiger partial charge >= 0.3 is 0 Å². The molecule has 1 N–H and O–H groups in total. The van der Waals surface area contributed by atoms with Gasteiger partial charge in [0.05, 0.1) is 5.76 Å². The van der Waals surface area contributed by atoms with Crippen LogP contribution in [0.15, 0.2) is 78.7 Å². The van der Waals surface area contributed by atoms with Crippen LogP contribution in [0.5, 0.6) is 11.5 Å². The van der Waals surface area contributed by atoms with Crippen molar-refractivity contribution in [2.45, 2.75) is 20.8 Å². The zero-order chi connectivity index (χ0) is 19.6. The number of aliphatic hydroxyl groups excluding tert-OH is 1. The summed E-state index contributed by atoms with van der Waals surface area (Å²) < 4.78 is 5.74. The zero-order valence-corrected chi connectivity index (χ0v) is 18.4. The number of benzene rings is 2. The molecule has 0 saturated carbocycles. The fraction of sp³-hybridized carbons (Fsp3) is 0.130. The molecule has 0 saturated heterocycles. The molecule has 3 aromatic rings. The Labute approximate surface area is 179 Å². The maximum atomic E-state index is 10.0. The first kappa shape index (κ1) is 23.3. The summed E-state index contributed by atoms with van der Waals surface area (Å²) >= 11 is 0. The number of ether oxygens (including phenoxy) is 1. The number of nitrogens with zero attached hydrogens (tertiary/aromatic N) is 1. The van der Waals surface area contributed by atoms with Crippen LogP contribution >= 0.6 is 0 Å². The number of allylic oxidation sites excluding steroid dienone is 2. The van der Waals surface area contributed by atoms with Crippen LogP contribution in [-0.4, -0.2) is 15.9 Å². The minimum atomic E-state index is -0.125. The van der Waals surface area contributed by atoms with Gasteiger partial charge in [0.2, 0.25) is 0 Å². The summed E-state index contributed by atoms with van der Waals surface area (Å²) in [6, 6.07) is 22.7. The standard InChI is InChI=1S/C18H14NO.C5H8O2.Ir/c1-14-7-12-18(19-13-14)15-8-10-17(11-9-15)20-16-5-3-2-4-6-16;1-4(6)3-5(2)7;/h2-8,10-13H,1H3;3,6H,1-2H3;/q-1;;/b;4-3-;. The SMILES string of the molecule is CC(=O)/C=C(/C)O.Cc1ccc(-c2[c-]cc(Oc3ccccc3)cc2)nc1.[Ir]. The maximum absolute atomic E-state index is 10.0. The van der Waals surface area contributed by atoms with Gasteiger partial charge in [0.1, 0.15) is 5.75 Å². The van der Waals surface area contributed by atoms with Crippen molar-refractivity contribution in [3.05, 3.63) is 90.3 Å². The Hall–Kier alpha value is -2.75. The van der Waals surface area contributed by atoms with Crippen molar-refractivity contribution < 1.29 is 34.7 Å². The van der Waals surface area contributed by atoms with Crippen LogP contribution in [0.1, 0.15) is 19.4 Å². The number of ketones is 1. The number of carbonyl (C=O) groups excluding carboxylic acids is 1. The first-order chi connectivity index (χ1) is 12.9. The molecule has 5 heteroatoms. The maximum Gasteiger partial charge on any atom is 0.155 e. The van der Waals surface area contributed by atoms with Gasteiger partial charge in [-0.3, -0.25) is 4.79 Å². The molecule has 0 aliphatic rings. The van der Waals surface area contributed by atoms with Crippen LogP contribution < -0.4 is 4.74 Å². The minimum absolute atomic E-state index is 0. The van der Waals surface area contributed by atoms with Gasteiger partial charge in [-0.2, -0.15) is 0 Å². The van der Waals surface area contributed by atoms with Gasteiger partial charge in [-0.05, 0) is 44.2 Å². The topological polar surface area (TPSA) is 59.4 Å². The number of hydrogen-bond acceptors (Lipinski definition) is 4. The molecule has 3 rings (SSSR count). The summed E-state index contributed by atoms with van der Waals surface area (Å²) in [7, 11) is 0. The van der Waals surface area contributed by atoms with Gasteiger partial charge in [-0.1, -0.05) is 30.3 Å². The van der Waals surface area contributed by atoms with E-state index in [2.05, 4.69) is 11.1 Å². The number of carbonyl (C=O) groups is 1. The summed E-state index contributed by atoms with van der Waals surface area (Å²) in [5.41, 5.74) is 3.03. The molecular formula is C23H22IrNO3-. The Morgan fingerprint density at radius 1 is 1.04 bits per heavy atom. The molecule has 2 aromatic carbocycles. The van der Waals surface area contributed by atoms with Crippen LogP contribution in [0.25, 0.3) is 11.3 Å². The number of aromatic nitrogens is 1. The van der Waals surface area contributed by atoms with E-state index < -0.39 is 0 Å². The van der Waals surface area contributed by atoms with Crippen molar-refractivity contribution in [1.82, 2.24) is 4.98 Å². The van der Waals surface area contributed by atoms with E-state index in [0.29, 0.717) is 0 Å². The van der Waals surface area contributed by atoms with Crippen molar-refractivity contribution in [3.63, 3.8) is 0 Å². The quantitative estimate of drug-likeness (QED) is 0.257. The van der Waals surface area contributed by atoms with E-state index in [0.717, 1.165) is 28.3 Å². The predicted octanol–water partition coefficient (Wildman–Crippen LogP) is 5.68. The third-order valence-electron chi connectivity index (χ3n) is 3.36. The summed E-state index contributed by atoms with van der Waals surface area (Å²) in [6.07, 6.45) is 3.03. The molecule has 0 aliphatic carbocycles. The van der Waals surface area contributed by atoms with Crippen LogP contribution in [0.3, 0.4) is 0 Å². The van der Waals surface area contributed by atoms with E-state index >= 15 is 0 Å². The van der Waals surface area contributed by atoms with E-state index in [-0.39, 0.29) is 31.6 Å². The largest absolute Gasteiger partial charge is 0.512 e. The van der Waals surface area contributed by atoms with Gasteiger partial charge in [0.25, 0.3) is 0 Å². The van der Waals surface area contributed by atoms with Crippen molar-refractivity contribution in [1.29, 1.82) is 0 Å². The van der Waals surface area contributed by atoms with Crippen LogP contribution in [-0.2, 0) is 24.9 Å². The van der Waals surface area contributed by atoms with E-state index in [1.54, 1.807) is 0 Å². The molecule has 0 aliphatic heterocycles. The molecule has 0 spiro atoms. The van der Waals surface area contributed by atoms with Gasteiger partial charge in [-0.25, -0.2) is 0 Å². The Balaban J connectivity index is 0.000000425. The smallest absolute Gasteiger partial charge is 0.155 e. The van der Waals surface area contributed by atoms with Gasteiger partial charge in [0.15, 0.2) is 5.78 Å². The average molecular weight is 553 g/mol. The molecule has 0 atom stereocenters. The number of aryl methyl sites for hydroxylation is 1. The summed E-state index contributed by atoms with van der Waals surface area (Å²) in [6.45, 7) is 4.87. The van der Waals surface area contributed by atoms with Crippen molar-refractivity contribution in [2.24, 2.45) is 0 Å². The monoisotopic (exact) mass is 553 g/mol. The first-order valence-electron chi connectivity index (χ1n) is 8.49. The Morgan fingerprint density at radius 2 is 1.75 bits per heavy atom. The first-order valence-corrected chi connectivity index (χ1v) is 8.49. The molecule has 1 aromatic heterocycles. The number of hydrogen-bond donors (Lipinski definition) is 1. The number of pyridine rings is 1. The van der Waals surface area contributed by atoms with Gasteiger partial charge in [0, 0.05) is 38.1 Å². The second kappa shape index (κ2) is 11.9. The Bertz CT molecular complexity index is 885. The third kappa shape index (κ3) is 8.29. The molecule has 28 heavy (non-hydrogen) atoms. The summed E-state index contributed by atoms with van der Waals surface area (Å²) in [4.78, 5) is 14.4. The van der Waals surface area contributed by atoms with Crippen LogP contribution in [0.4, 0.5) is 0 Å². The second-order valence-electron chi connectivity index (χ2n) is 5.97. The van der Waals surface area contributed by atoms with E-state index in [4.69, 9.17) is 9.84 Å². The minimum Gasteiger partial charge on any atom is -0.512 e. The van der Waals surface area contributed by atoms with E-state index in [1.165, 1.54) is 19.9 Å². The molecule has 0 fully saturated rings. The van der Waals surface area contributed by atoms with Gasteiger partial charge in [-0.15, -0.1) is 29.8 Å². The molecular weight excluding hydrogens is 530 g/mol. The molecule has 1 radical (unpaired) electrons. The van der Waals surface area contributed by atoms with Gasteiger partial charge < -0.3 is 14.8 Å². The van der Waals surface area contributed by atoms with E-state index in [9.17, 15) is 4.79 Å². The molecule has 147 valence electrons. The number of aliphatic hydroxyl groups is 1. The fourth-order valence-corrected chi connectivity index (χ4v) is 2.18. The van der Waals surface area contributed by atoms with Crippen LogP contribution in [0.2, 0.25) is 0 Å². The van der Waals surface area contributed by atoms with Crippen molar-refractivity contribution in [3.8, 4) is 22.8 Å². The van der Waals surface area contributed by atoms with Crippen molar-refractivity contribution >= 4 is 5.78 Å². The number of para-hydroxylation sites is 1. The summed E-state index contributed by atoms with van der Waals surface area (Å²) in [5.74, 6) is 1.53. The molecule has 4 nitrogen and oxygen atoms in total. The third-order valence-corrected chi connectivity index (χ3v) is 3.36. The Morgan fingerprint density at radius 3 is 2.21 bits per heavy atom. The second-order valence-corrected chi connectivity index (χ2v) is 5.97. The molecule has 0 amide bonds. The van der Waals surface area contributed by atoms with Crippen molar-refractivity contribution in [2.75, 3.05) is 0 Å². The average Bonchev–Trinajstić information content (AvgIpc) is 2.63. The summed E-state index contributed by atoms with van der Waals surface area (Å²) in [5, 5.41) is 8.36. The normalized spacial score (nSPS) is 10.2. The Kier molecular flexibility index (Phi) is 9.86. The molecule has 1 heterocycles. The number of rotatable bonds is 4. The molecule has 0 unspecified atom stereocenters.